The third-order valence-electron chi connectivity index (χ3n) is 4.82. The van der Waals surface area contributed by atoms with Gasteiger partial charge in [0.15, 0.2) is 0 Å². The van der Waals surface area contributed by atoms with Crippen molar-refractivity contribution in [3.63, 3.8) is 0 Å². The minimum atomic E-state index is -0.0512. The van der Waals surface area contributed by atoms with Crippen molar-refractivity contribution in [3.8, 4) is 17.2 Å². The molecule has 0 saturated heterocycles. The molecule has 160 valence electrons. The lowest BCUT2D eigenvalue weighted by Gasteiger charge is -2.30. The molecule has 0 spiro atoms. The van der Waals surface area contributed by atoms with Gasteiger partial charge in [-0.3, -0.25) is 9.69 Å². The van der Waals surface area contributed by atoms with E-state index in [1.807, 2.05) is 79.7 Å². The summed E-state index contributed by atoms with van der Waals surface area (Å²) in [6.07, 6.45) is 0. The molecule has 0 fully saturated rings. The van der Waals surface area contributed by atoms with Crippen molar-refractivity contribution in [1.82, 2.24) is 10.2 Å². The first-order valence-corrected chi connectivity index (χ1v) is 11.9. The van der Waals surface area contributed by atoms with Crippen LogP contribution in [0.4, 0.5) is 11.4 Å². The fourth-order valence-corrected chi connectivity index (χ4v) is 5.13. The van der Waals surface area contributed by atoms with Gasteiger partial charge in [-0.05, 0) is 43.3 Å². The predicted octanol–water partition coefficient (Wildman–Crippen LogP) is 6.06. The highest BCUT2D eigenvalue weighted by Crippen LogP contribution is 2.48. The van der Waals surface area contributed by atoms with Gasteiger partial charge in [-0.1, -0.05) is 59.9 Å². The van der Waals surface area contributed by atoms with Crippen LogP contribution >= 0.6 is 23.5 Å². The lowest BCUT2D eigenvalue weighted by atomic mass is 10.2. The highest BCUT2D eigenvalue weighted by atomic mass is 32.2. The summed E-state index contributed by atoms with van der Waals surface area (Å²) in [6.45, 7) is 2.46. The number of ether oxygens (including phenoxy) is 1. The quantitative estimate of drug-likeness (QED) is 0.323. The fourth-order valence-electron chi connectivity index (χ4n) is 3.46. The largest absolute Gasteiger partial charge is 0.493 e. The highest BCUT2D eigenvalue weighted by molar-refractivity contribution is 8.00. The van der Waals surface area contributed by atoms with Gasteiger partial charge in [0.05, 0.1) is 29.3 Å². The van der Waals surface area contributed by atoms with Crippen molar-refractivity contribution in [2.75, 3.05) is 17.3 Å². The molecular formula is C24H19N3O3S2. The minimum absolute atomic E-state index is 0.0512. The van der Waals surface area contributed by atoms with Crippen LogP contribution in [0.15, 0.2) is 92.2 Å². The van der Waals surface area contributed by atoms with Gasteiger partial charge in [0, 0.05) is 9.79 Å². The van der Waals surface area contributed by atoms with Crippen LogP contribution in [0.1, 0.15) is 6.92 Å². The number of amides is 1. The monoisotopic (exact) mass is 461 g/mol. The average Bonchev–Trinajstić information content (AvgIpc) is 3.30. The Morgan fingerprint density at radius 2 is 1.62 bits per heavy atom. The molecule has 2 heterocycles. The fraction of sp³-hybridized carbons (Fsp3) is 0.125. The van der Waals surface area contributed by atoms with E-state index in [2.05, 4.69) is 10.2 Å². The van der Waals surface area contributed by atoms with E-state index in [0.29, 0.717) is 23.5 Å². The maximum Gasteiger partial charge on any atom is 0.277 e. The van der Waals surface area contributed by atoms with Crippen molar-refractivity contribution in [2.45, 2.75) is 21.9 Å². The number of hydrogen-bond donors (Lipinski definition) is 0. The van der Waals surface area contributed by atoms with Gasteiger partial charge in [0.1, 0.15) is 5.75 Å². The van der Waals surface area contributed by atoms with Gasteiger partial charge in [-0.2, -0.15) is 0 Å². The third kappa shape index (κ3) is 3.99. The van der Waals surface area contributed by atoms with Gasteiger partial charge in [0.2, 0.25) is 5.91 Å². The van der Waals surface area contributed by atoms with E-state index < -0.39 is 0 Å². The third-order valence-corrected chi connectivity index (χ3v) is 6.76. The SMILES string of the molecule is CCOc1ccccc1-c1nnc(SCC(=O)N2c3ccccc3Sc3ccccc32)o1. The normalized spacial score (nSPS) is 12.2. The molecule has 0 radical (unpaired) electrons. The molecule has 3 aromatic carbocycles. The van der Waals surface area contributed by atoms with Gasteiger partial charge in [-0.25, -0.2) is 0 Å². The number of fused-ring (bicyclic) bond motifs is 2. The van der Waals surface area contributed by atoms with Crippen molar-refractivity contribution in [3.05, 3.63) is 72.8 Å². The predicted molar refractivity (Wildman–Crippen MR) is 126 cm³/mol. The van der Waals surface area contributed by atoms with Crippen LogP contribution in [-0.2, 0) is 4.79 Å². The topological polar surface area (TPSA) is 68.5 Å². The molecule has 0 N–H and O–H groups in total. The number of thioether (sulfide) groups is 1. The Bertz CT molecular complexity index is 1230. The van der Waals surface area contributed by atoms with Crippen molar-refractivity contribution in [1.29, 1.82) is 0 Å². The zero-order valence-electron chi connectivity index (χ0n) is 17.2. The summed E-state index contributed by atoms with van der Waals surface area (Å²) in [4.78, 5) is 17.2. The molecule has 4 aromatic rings. The minimum Gasteiger partial charge on any atom is -0.493 e. The summed E-state index contributed by atoms with van der Waals surface area (Å²) in [5.41, 5.74) is 2.51. The lowest BCUT2D eigenvalue weighted by Crippen LogP contribution is -2.29. The van der Waals surface area contributed by atoms with Crippen LogP contribution in [-0.4, -0.2) is 28.5 Å². The lowest BCUT2D eigenvalue weighted by molar-refractivity contribution is -0.115. The number of nitrogens with zero attached hydrogens (tertiary/aromatic N) is 3. The molecule has 0 saturated carbocycles. The molecule has 1 amide bonds. The molecule has 0 unspecified atom stereocenters. The van der Waals surface area contributed by atoms with E-state index in [9.17, 15) is 4.79 Å². The Balaban J connectivity index is 1.36. The highest BCUT2D eigenvalue weighted by Gasteiger charge is 2.28. The van der Waals surface area contributed by atoms with Gasteiger partial charge in [0.25, 0.3) is 11.1 Å². The van der Waals surface area contributed by atoms with Gasteiger partial charge < -0.3 is 9.15 Å². The Morgan fingerprint density at radius 3 is 2.34 bits per heavy atom. The number of rotatable bonds is 6. The van der Waals surface area contributed by atoms with E-state index in [1.165, 1.54) is 11.8 Å². The molecule has 0 aliphatic carbocycles. The summed E-state index contributed by atoms with van der Waals surface area (Å²) in [5.74, 6) is 1.17. The Labute approximate surface area is 194 Å². The van der Waals surface area contributed by atoms with Crippen molar-refractivity contribution < 1.29 is 13.9 Å². The smallest absolute Gasteiger partial charge is 0.277 e. The van der Waals surface area contributed by atoms with Gasteiger partial charge in [-0.15, -0.1) is 10.2 Å². The average molecular weight is 462 g/mol. The molecular weight excluding hydrogens is 442 g/mol. The van der Waals surface area contributed by atoms with Gasteiger partial charge >= 0.3 is 0 Å². The van der Waals surface area contributed by atoms with Crippen LogP contribution in [0.2, 0.25) is 0 Å². The number of hydrogen-bond acceptors (Lipinski definition) is 7. The summed E-state index contributed by atoms with van der Waals surface area (Å²) < 4.78 is 11.5. The molecule has 5 rings (SSSR count). The summed E-state index contributed by atoms with van der Waals surface area (Å²) in [6, 6.07) is 23.4. The van der Waals surface area contributed by atoms with Crippen LogP contribution < -0.4 is 9.64 Å². The molecule has 1 aromatic heterocycles. The molecule has 1 aliphatic rings. The standard InChI is InChI=1S/C24H19N3O3S2/c1-2-29-19-12-6-3-9-16(19)23-25-26-24(30-23)31-15-22(28)27-17-10-4-7-13-20(17)32-21-14-8-5-11-18(21)27/h3-14H,2,15H2,1H3. The zero-order chi connectivity index (χ0) is 21.9. The van der Waals surface area contributed by atoms with Crippen molar-refractivity contribution >= 4 is 40.8 Å². The van der Waals surface area contributed by atoms with Crippen molar-refractivity contribution in [2.24, 2.45) is 0 Å². The van der Waals surface area contributed by atoms with E-state index in [1.54, 1.807) is 16.7 Å². The Hall–Kier alpha value is -3.23. The van der Waals surface area contributed by atoms with E-state index in [0.717, 1.165) is 26.7 Å². The zero-order valence-corrected chi connectivity index (χ0v) is 18.9. The maximum absolute atomic E-state index is 13.3. The number of carbonyl (C=O) groups is 1. The first-order valence-electron chi connectivity index (χ1n) is 10.1. The van der Waals surface area contributed by atoms with E-state index in [-0.39, 0.29) is 11.7 Å². The van der Waals surface area contributed by atoms with Crippen LogP contribution in [0.3, 0.4) is 0 Å². The van der Waals surface area contributed by atoms with E-state index in [4.69, 9.17) is 9.15 Å². The molecule has 1 aliphatic heterocycles. The summed E-state index contributed by atoms with van der Waals surface area (Å²) >= 11 is 2.90. The first-order chi connectivity index (χ1) is 15.7. The van der Waals surface area contributed by atoms with Crippen LogP contribution in [0.5, 0.6) is 5.75 Å². The van der Waals surface area contributed by atoms with Crippen LogP contribution in [0.25, 0.3) is 11.5 Å². The summed E-state index contributed by atoms with van der Waals surface area (Å²) in [7, 11) is 0. The molecule has 6 nitrogen and oxygen atoms in total. The Kier molecular flexibility index (Phi) is 5.87. The Morgan fingerprint density at radius 1 is 0.969 bits per heavy atom. The first kappa shape index (κ1) is 20.7. The number of benzene rings is 3. The van der Waals surface area contributed by atoms with E-state index >= 15 is 0 Å². The van der Waals surface area contributed by atoms with Crippen LogP contribution in [0, 0.1) is 0 Å². The molecule has 8 heteroatoms. The number of carbonyl (C=O) groups excluding carboxylic acids is 1. The molecule has 32 heavy (non-hydrogen) atoms. The summed E-state index contributed by atoms with van der Waals surface area (Å²) in [5, 5.41) is 8.60. The second kappa shape index (κ2) is 9.10. The molecule has 0 atom stereocenters. The molecule has 0 bridgehead atoms. The number of para-hydroxylation sites is 3. The number of aromatic nitrogens is 2. The maximum atomic E-state index is 13.3. The number of anilines is 2. The second-order valence-electron chi connectivity index (χ2n) is 6.86. The second-order valence-corrected chi connectivity index (χ2v) is 8.87.